The highest BCUT2D eigenvalue weighted by molar-refractivity contribution is 5.76. The van der Waals surface area contributed by atoms with Crippen LogP contribution in [0.4, 0.5) is 0 Å². The topological polar surface area (TPSA) is 49.8 Å². The molecular weight excluding hydrogens is 534 g/mol. The standard InChI is InChI=1S/C38H43NO4/c1-7-9-11-13-15-17-19-21-32-29(20-18-16-14-12-10-8-2)26-33(30-22-24-34(40-3)36(27-30)42-5)39-38(32)31-23-25-35(41-4)37(28-31)43-6/h22-28H,7-14,20H2,1-6H3. The second-order valence-electron chi connectivity index (χ2n) is 10.0. The van der Waals surface area contributed by atoms with Crippen LogP contribution in [0.5, 0.6) is 23.0 Å². The zero-order valence-electron chi connectivity index (χ0n) is 26.5. The van der Waals surface area contributed by atoms with Crippen molar-refractivity contribution in [3.8, 4) is 81.0 Å². The van der Waals surface area contributed by atoms with Gasteiger partial charge >= 0.3 is 0 Å². The van der Waals surface area contributed by atoms with Crippen LogP contribution in [0.1, 0.15) is 76.3 Å². The maximum Gasteiger partial charge on any atom is 0.161 e. The summed E-state index contributed by atoms with van der Waals surface area (Å²) in [6.07, 6.45) is 9.17. The summed E-state index contributed by atoms with van der Waals surface area (Å²) in [6.45, 7) is 4.39. The average molecular weight is 578 g/mol. The summed E-state index contributed by atoms with van der Waals surface area (Å²) in [7, 11) is 6.51. The van der Waals surface area contributed by atoms with Gasteiger partial charge in [-0.25, -0.2) is 4.98 Å². The Hall–Kier alpha value is -4.53. The summed E-state index contributed by atoms with van der Waals surface area (Å²) in [5, 5.41) is 0. The molecule has 5 heteroatoms. The quantitative estimate of drug-likeness (QED) is 0.151. The fourth-order valence-corrected chi connectivity index (χ4v) is 4.59. The molecule has 2 aromatic carbocycles. The van der Waals surface area contributed by atoms with Gasteiger partial charge in [0, 0.05) is 30.4 Å². The molecule has 3 aromatic rings. The molecule has 0 spiro atoms. The van der Waals surface area contributed by atoms with Crippen LogP contribution in [0.25, 0.3) is 22.5 Å². The number of unbranched alkanes of at least 4 members (excludes halogenated alkanes) is 6. The zero-order chi connectivity index (χ0) is 30.9. The number of ether oxygens (including phenoxy) is 4. The predicted octanol–water partition coefficient (Wildman–Crippen LogP) is 8.51. The van der Waals surface area contributed by atoms with Crippen LogP contribution >= 0.6 is 0 Å². The van der Waals surface area contributed by atoms with Gasteiger partial charge in [-0.2, -0.15) is 0 Å². The minimum absolute atomic E-state index is 0.545. The van der Waals surface area contributed by atoms with Gasteiger partial charge in [-0.1, -0.05) is 57.3 Å². The molecule has 0 radical (unpaired) electrons. The van der Waals surface area contributed by atoms with E-state index < -0.39 is 0 Å². The highest BCUT2D eigenvalue weighted by Crippen LogP contribution is 2.37. The van der Waals surface area contributed by atoms with Crippen molar-refractivity contribution < 1.29 is 18.9 Å². The molecule has 0 aliphatic heterocycles. The molecule has 224 valence electrons. The van der Waals surface area contributed by atoms with Gasteiger partial charge in [0.15, 0.2) is 23.0 Å². The van der Waals surface area contributed by atoms with Gasteiger partial charge in [0.1, 0.15) is 0 Å². The van der Waals surface area contributed by atoms with Gasteiger partial charge < -0.3 is 18.9 Å². The van der Waals surface area contributed by atoms with Crippen molar-refractivity contribution in [3.05, 3.63) is 53.6 Å². The maximum atomic E-state index is 5.63. The van der Waals surface area contributed by atoms with Crippen LogP contribution in [-0.4, -0.2) is 33.4 Å². The first kappa shape index (κ1) is 33.0. The number of nitrogens with zero attached hydrogens (tertiary/aromatic N) is 1. The molecule has 0 aliphatic rings. The molecule has 43 heavy (non-hydrogen) atoms. The number of hydrogen-bond acceptors (Lipinski definition) is 5. The van der Waals surface area contributed by atoms with Crippen LogP contribution in [-0.2, 0) is 6.42 Å². The summed E-state index contributed by atoms with van der Waals surface area (Å²) in [4.78, 5) is 5.15. The Morgan fingerprint density at radius 3 is 1.79 bits per heavy atom. The molecule has 0 N–H and O–H groups in total. The average Bonchev–Trinajstić information content (AvgIpc) is 3.05. The van der Waals surface area contributed by atoms with Crippen molar-refractivity contribution in [1.29, 1.82) is 0 Å². The van der Waals surface area contributed by atoms with Gasteiger partial charge in [0.2, 0.25) is 0 Å². The molecule has 1 heterocycles. The lowest BCUT2D eigenvalue weighted by atomic mass is 9.96. The molecule has 0 saturated carbocycles. The van der Waals surface area contributed by atoms with Crippen molar-refractivity contribution in [3.63, 3.8) is 0 Å². The summed E-state index contributed by atoms with van der Waals surface area (Å²) >= 11 is 0. The van der Waals surface area contributed by atoms with E-state index in [-0.39, 0.29) is 0 Å². The van der Waals surface area contributed by atoms with Crippen LogP contribution in [0, 0.1) is 35.5 Å². The van der Waals surface area contributed by atoms with Gasteiger partial charge in [-0.15, -0.1) is 5.92 Å². The maximum absolute atomic E-state index is 5.63. The second-order valence-corrected chi connectivity index (χ2v) is 10.0. The van der Waals surface area contributed by atoms with Crippen molar-refractivity contribution in [2.45, 2.75) is 71.6 Å². The Kier molecular flexibility index (Phi) is 13.9. The highest BCUT2D eigenvalue weighted by Gasteiger charge is 2.17. The fourth-order valence-electron chi connectivity index (χ4n) is 4.59. The summed E-state index contributed by atoms with van der Waals surface area (Å²) < 4.78 is 22.2. The third kappa shape index (κ3) is 9.49. The van der Waals surface area contributed by atoms with Crippen LogP contribution in [0.3, 0.4) is 0 Å². The summed E-state index contributed by atoms with van der Waals surface area (Å²) in [5.74, 6) is 22.0. The number of hydrogen-bond donors (Lipinski definition) is 0. The lowest BCUT2D eigenvalue weighted by Gasteiger charge is -2.15. The van der Waals surface area contributed by atoms with E-state index in [4.69, 9.17) is 23.9 Å². The molecule has 5 nitrogen and oxygen atoms in total. The summed E-state index contributed by atoms with van der Waals surface area (Å²) in [5.41, 5.74) is 5.07. The van der Waals surface area contributed by atoms with Gasteiger partial charge in [-0.3, -0.25) is 0 Å². The molecule has 0 fully saturated rings. The van der Waals surface area contributed by atoms with E-state index >= 15 is 0 Å². The molecule has 1 aromatic heterocycles. The molecule has 0 saturated heterocycles. The van der Waals surface area contributed by atoms with E-state index in [9.17, 15) is 0 Å². The van der Waals surface area contributed by atoms with Crippen molar-refractivity contribution in [2.75, 3.05) is 28.4 Å². The Balaban J connectivity index is 2.22. The third-order valence-electron chi connectivity index (χ3n) is 6.99. The Labute approximate surface area is 258 Å². The Morgan fingerprint density at radius 1 is 0.605 bits per heavy atom. The Bertz CT molecular complexity index is 1540. The normalized spacial score (nSPS) is 9.91. The fraction of sp³-hybridized carbons (Fsp3) is 0.395. The first-order chi connectivity index (χ1) is 21.1. The minimum Gasteiger partial charge on any atom is -0.493 e. The third-order valence-corrected chi connectivity index (χ3v) is 6.99. The van der Waals surface area contributed by atoms with Crippen molar-refractivity contribution >= 4 is 0 Å². The number of rotatable bonds is 13. The molecular formula is C38H43NO4. The van der Waals surface area contributed by atoms with Crippen LogP contribution in [0.15, 0.2) is 42.5 Å². The first-order valence-electron chi connectivity index (χ1n) is 15.0. The summed E-state index contributed by atoms with van der Waals surface area (Å²) in [6, 6.07) is 13.7. The Morgan fingerprint density at radius 2 is 1.19 bits per heavy atom. The van der Waals surface area contributed by atoms with Gasteiger partial charge in [0.25, 0.3) is 0 Å². The number of aromatic nitrogens is 1. The van der Waals surface area contributed by atoms with E-state index in [1.54, 1.807) is 28.4 Å². The van der Waals surface area contributed by atoms with Crippen LogP contribution < -0.4 is 18.9 Å². The molecule has 0 aliphatic carbocycles. The lowest BCUT2D eigenvalue weighted by Crippen LogP contribution is -2.01. The smallest absolute Gasteiger partial charge is 0.161 e. The van der Waals surface area contributed by atoms with E-state index in [1.165, 1.54) is 25.7 Å². The number of pyridine rings is 1. The van der Waals surface area contributed by atoms with Gasteiger partial charge in [-0.05, 0) is 72.7 Å². The molecule has 0 unspecified atom stereocenters. The second kappa shape index (κ2) is 18.1. The molecule has 3 rings (SSSR count). The van der Waals surface area contributed by atoms with Crippen LogP contribution in [0.2, 0.25) is 0 Å². The van der Waals surface area contributed by atoms with E-state index in [1.807, 2.05) is 36.4 Å². The molecule has 0 atom stereocenters. The largest absolute Gasteiger partial charge is 0.493 e. The zero-order valence-corrected chi connectivity index (χ0v) is 26.5. The number of benzene rings is 2. The lowest BCUT2D eigenvalue weighted by molar-refractivity contribution is 0.355. The minimum atomic E-state index is 0.545. The highest BCUT2D eigenvalue weighted by atomic mass is 16.5. The van der Waals surface area contributed by atoms with E-state index in [0.717, 1.165) is 59.3 Å². The van der Waals surface area contributed by atoms with E-state index in [0.29, 0.717) is 29.4 Å². The molecule has 0 bridgehead atoms. The first-order valence-corrected chi connectivity index (χ1v) is 15.0. The predicted molar refractivity (Wildman–Crippen MR) is 176 cm³/mol. The van der Waals surface area contributed by atoms with Crippen molar-refractivity contribution in [2.24, 2.45) is 0 Å². The molecule has 0 amide bonds. The number of methoxy groups -OCH3 is 4. The van der Waals surface area contributed by atoms with E-state index in [2.05, 4.69) is 55.4 Å². The SMILES string of the molecule is CCCCCC#CC#Cc1c(CC#CCCCCC)cc(-c2ccc(OC)c(OC)c2)nc1-c1ccc(OC)c(OC)c1. The monoisotopic (exact) mass is 577 g/mol. The van der Waals surface area contributed by atoms with Crippen molar-refractivity contribution in [1.82, 2.24) is 4.98 Å². The van der Waals surface area contributed by atoms with Gasteiger partial charge in [0.05, 0.1) is 45.4 Å².